The number of benzene rings is 2. The SMILES string of the molecule is CCc1ccc(NC(=S)Nc2cccc(-c3nnc4n3CCCCC4)c2)cc1. The number of nitrogens with zero attached hydrogens (tertiary/aromatic N) is 3. The second-order valence-electron chi connectivity index (χ2n) is 7.11. The quantitative estimate of drug-likeness (QED) is 0.610. The van der Waals surface area contributed by atoms with Gasteiger partial charge in [0.1, 0.15) is 5.82 Å². The van der Waals surface area contributed by atoms with Gasteiger partial charge < -0.3 is 15.2 Å². The Morgan fingerprint density at radius 1 is 1.00 bits per heavy atom. The molecule has 0 unspecified atom stereocenters. The Bertz CT molecular complexity index is 961. The van der Waals surface area contributed by atoms with E-state index in [1.54, 1.807) is 0 Å². The Hall–Kier alpha value is -2.73. The van der Waals surface area contributed by atoms with Crippen LogP contribution in [0.2, 0.25) is 0 Å². The molecule has 0 bridgehead atoms. The van der Waals surface area contributed by atoms with Gasteiger partial charge in [0, 0.05) is 29.9 Å². The van der Waals surface area contributed by atoms with Crippen LogP contribution in [0.3, 0.4) is 0 Å². The van der Waals surface area contributed by atoms with Gasteiger partial charge in [-0.2, -0.15) is 0 Å². The highest BCUT2D eigenvalue weighted by Gasteiger charge is 2.16. The third-order valence-electron chi connectivity index (χ3n) is 5.11. The van der Waals surface area contributed by atoms with Crippen LogP contribution in [0, 0.1) is 0 Å². The van der Waals surface area contributed by atoms with Crippen LogP contribution in [0.4, 0.5) is 11.4 Å². The molecule has 2 aromatic carbocycles. The van der Waals surface area contributed by atoms with E-state index in [9.17, 15) is 0 Å². The fourth-order valence-corrected chi connectivity index (χ4v) is 3.79. The predicted octanol–water partition coefficient (Wildman–Crippen LogP) is 5.04. The Morgan fingerprint density at radius 2 is 1.82 bits per heavy atom. The van der Waals surface area contributed by atoms with Crippen LogP contribution >= 0.6 is 12.2 Å². The number of rotatable bonds is 4. The Balaban J connectivity index is 1.48. The molecule has 0 spiro atoms. The van der Waals surface area contributed by atoms with Crippen molar-refractivity contribution in [1.82, 2.24) is 14.8 Å². The average molecular weight is 392 g/mol. The van der Waals surface area contributed by atoms with E-state index in [0.29, 0.717) is 5.11 Å². The molecule has 5 nitrogen and oxygen atoms in total. The first-order valence-corrected chi connectivity index (χ1v) is 10.3. The minimum atomic E-state index is 0.571. The van der Waals surface area contributed by atoms with Gasteiger partial charge in [-0.1, -0.05) is 37.6 Å². The summed E-state index contributed by atoms with van der Waals surface area (Å²) in [5.74, 6) is 2.04. The van der Waals surface area contributed by atoms with Gasteiger partial charge in [0.15, 0.2) is 10.9 Å². The van der Waals surface area contributed by atoms with Gasteiger partial charge in [-0.25, -0.2) is 0 Å². The van der Waals surface area contributed by atoms with Crippen molar-refractivity contribution < 1.29 is 0 Å². The Labute approximate surface area is 171 Å². The highest BCUT2D eigenvalue weighted by Crippen LogP contribution is 2.25. The van der Waals surface area contributed by atoms with Crippen LogP contribution in [-0.4, -0.2) is 19.9 Å². The van der Waals surface area contributed by atoms with E-state index in [1.807, 2.05) is 12.1 Å². The fraction of sp³-hybridized carbons (Fsp3) is 0.318. The molecule has 0 fully saturated rings. The van der Waals surface area contributed by atoms with Crippen LogP contribution in [-0.2, 0) is 19.4 Å². The minimum Gasteiger partial charge on any atom is -0.332 e. The zero-order valence-corrected chi connectivity index (χ0v) is 16.9. The van der Waals surface area contributed by atoms with Crippen LogP contribution < -0.4 is 10.6 Å². The van der Waals surface area contributed by atoms with Crippen molar-refractivity contribution in [2.45, 2.75) is 45.6 Å². The fourth-order valence-electron chi connectivity index (χ4n) is 3.55. The minimum absolute atomic E-state index is 0.571. The molecule has 1 aromatic heterocycles. The van der Waals surface area contributed by atoms with Gasteiger partial charge in [0.05, 0.1) is 0 Å². The molecule has 1 aliphatic rings. The molecule has 0 amide bonds. The number of hydrogen-bond donors (Lipinski definition) is 2. The third-order valence-corrected chi connectivity index (χ3v) is 5.31. The number of fused-ring (bicyclic) bond motifs is 1. The predicted molar refractivity (Wildman–Crippen MR) is 119 cm³/mol. The molecular formula is C22H25N5S. The van der Waals surface area contributed by atoms with E-state index in [0.717, 1.165) is 48.0 Å². The number of aryl methyl sites for hydroxylation is 2. The van der Waals surface area contributed by atoms with Crippen LogP contribution in [0.15, 0.2) is 48.5 Å². The maximum Gasteiger partial charge on any atom is 0.175 e. The second kappa shape index (κ2) is 8.52. The van der Waals surface area contributed by atoms with E-state index in [1.165, 1.54) is 24.8 Å². The number of anilines is 2. The summed E-state index contributed by atoms with van der Waals surface area (Å²) >= 11 is 5.48. The van der Waals surface area contributed by atoms with Crippen molar-refractivity contribution in [2.75, 3.05) is 10.6 Å². The number of thiocarbonyl (C=S) groups is 1. The summed E-state index contributed by atoms with van der Waals surface area (Å²) in [4.78, 5) is 0. The van der Waals surface area contributed by atoms with Gasteiger partial charge in [-0.05, 0) is 61.3 Å². The van der Waals surface area contributed by atoms with E-state index in [4.69, 9.17) is 12.2 Å². The summed E-state index contributed by atoms with van der Waals surface area (Å²) < 4.78 is 2.26. The standard InChI is InChI=1S/C22H25N5S/c1-2-16-10-12-18(13-11-16)23-22(28)24-19-8-6-7-17(15-19)21-26-25-20-9-4-3-5-14-27(20)21/h6-8,10-13,15H,2-5,9,14H2,1H3,(H2,23,24,28). The largest absolute Gasteiger partial charge is 0.332 e. The van der Waals surface area contributed by atoms with Crippen molar-refractivity contribution in [3.05, 3.63) is 59.9 Å². The van der Waals surface area contributed by atoms with Crippen molar-refractivity contribution >= 4 is 28.7 Å². The third kappa shape index (κ3) is 4.22. The van der Waals surface area contributed by atoms with Gasteiger partial charge in [-0.3, -0.25) is 0 Å². The molecule has 3 aromatic rings. The molecule has 0 radical (unpaired) electrons. The summed E-state index contributed by atoms with van der Waals surface area (Å²) in [6, 6.07) is 16.5. The lowest BCUT2D eigenvalue weighted by atomic mass is 10.1. The zero-order chi connectivity index (χ0) is 19.3. The van der Waals surface area contributed by atoms with Gasteiger partial charge in [0.2, 0.25) is 0 Å². The monoisotopic (exact) mass is 391 g/mol. The van der Waals surface area contributed by atoms with Gasteiger partial charge >= 0.3 is 0 Å². The van der Waals surface area contributed by atoms with Gasteiger partial charge in [0.25, 0.3) is 0 Å². The number of hydrogen-bond acceptors (Lipinski definition) is 3. The summed E-state index contributed by atoms with van der Waals surface area (Å²) in [7, 11) is 0. The molecule has 0 saturated heterocycles. The first-order chi connectivity index (χ1) is 13.7. The van der Waals surface area contributed by atoms with Crippen molar-refractivity contribution in [3.8, 4) is 11.4 Å². The van der Waals surface area contributed by atoms with Gasteiger partial charge in [-0.15, -0.1) is 10.2 Å². The number of nitrogens with one attached hydrogen (secondary N) is 2. The second-order valence-corrected chi connectivity index (χ2v) is 7.52. The lowest BCUT2D eigenvalue weighted by Gasteiger charge is -2.12. The van der Waals surface area contributed by atoms with E-state index >= 15 is 0 Å². The molecule has 0 saturated carbocycles. The Kier molecular flexibility index (Phi) is 5.67. The maximum atomic E-state index is 5.48. The molecule has 1 aliphatic heterocycles. The van der Waals surface area contributed by atoms with Crippen LogP contribution in [0.5, 0.6) is 0 Å². The van der Waals surface area contributed by atoms with Crippen molar-refractivity contribution in [2.24, 2.45) is 0 Å². The van der Waals surface area contributed by atoms with Crippen molar-refractivity contribution in [3.63, 3.8) is 0 Å². The summed E-state index contributed by atoms with van der Waals surface area (Å²) in [5, 5.41) is 15.9. The molecule has 0 atom stereocenters. The molecular weight excluding hydrogens is 366 g/mol. The normalized spacial score (nSPS) is 13.5. The molecule has 144 valence electrons. The molecule has 2 heterocycles. The maximum absolute atomic E-state index is 5.48. The van der Waals surface area contributed by atoms with Crippen LogP contribution in [0.1, 0.15) is 37.6 Å². The van der Waals surface area contributed by atoms with E-state index in [-0.39, 0.29) is 0 Å². The first kappa shape index (κ1) is 18.6. The van der Waals surface area contributed by atoms with E-state index < -0.39 is 0 Å². The Morgan fingerprint density at radius 3 is 2.64 bits per heavy atom. The highest BCUT2D eigenvalue weighted by atomic mass is 32.1. The van der Waals surface area contributed by atoms with E-state index in [2.05, 4.69) is 68.7 Å². The lowest BCUT2D eigenvalue weighted by Crippen LogP contribution is -2.19. The smallest absolute Gasteiger partial charge is 0.175 e. The molecule has 28 heavy (non-hydrogen) atoms. The first-order valence-electron chi connectivity index (χ1n) is 9.92. The average Bonchev–Trinajstić information content (AvgIpc) is 2.97. The summed E-state index contributed by atoms with van der Waals surface area (Å²) in [6.45, 7) is 3.14. The topological polar surface area (TPSA) is 54.8 Å². The highest BCUT2D eigenvalue weighted by molar-refractivity contribution is 7.80. The number of aromatic nitrogens is 3. The summed E-state index contributed by atoms with van der Waals surface area (Å²) in [5.41, 5.74) is 4.28. The summed E-state index contributed by atoms with van der Waals surface area (Å²) in [6.07, 6.45) is 5.67. The molecule has 6 heteroatoms. The molecule has 4 rings (SSSR count). The zero-order valence-electron chi connectivity index (χ0n) is 16.1. The van der Waals surface area contributed by atoms with Crippen LogP contribution in [0.25, 0.3) is 11.4 Å². The lowest BCUT2D eigenvalue weighted by molar-refractivity contribution is 0.636. The molecule has 0 aliphatic carbocycles. The van der Waals surface area contributed by atoms with Crippen molar-refractivity contribution in [1.29, 1.82) is 0 Å². The molecule has 2 N–H and O–H groups in total.